The van der Waals surface area contributed by atoms with Crippen molar-refractivity contribution in [2.24, 2.45) is 0 Å². The summed E-state index contributed by atoms with van der Waals surface area (Å²) in [4.78, 5) is 25.6. The summed E-state index contributed by atoms with van der Waals surface area (Å²) in [5, 5.41) is 1.78. The number of sulfone groups is 1. The first kappa shape index (κ1) is 16.0. The highest BCUT2D eigenvalue weighted by atomic mass is 32.2. The molecular weight excluding hydrogens is 314 g/mol. The molecule has 21 heavy (non-hydrogen) atoms. The number of nitrogens with zero attached hydrogens (tertiary/aromatic N) is 1. The molecule has 0 aromatic carbocycles. The minimum Gasteiger partial charge on any atom is -0.451 e. The number of likely N-dealkylation sites (N-methyl/N-ethyl adjacent to an activating group) is 1. The van der Waals surface area contributed by atoms with Crippen molar-refractivity contribution in [2.45, 2.75) is 19.4 Å². The van der Waals surface area contributed by atoms with Crippen molar-refractivity contribution in [1.29, 1.82) is 0 Å². The lowest BCUT2D eigenvalue weighted by Crippen LogP contribution is -2.40. The van der Waals surface area contributed by atoms with Gasteiger partial charge in [-0.15, -0.1) is 11.3 Å². The number of thiophene rings is 1. The Hall–Kier alpha value is -1.41. The van der Waals surface area contributed by atoms with E-state index in [0.29, 0.717) is 11.3 Å². The Labute approximate surface area is 127 Å². The van der Waals surface area contributed by atoms with Crippen LogP contribution < -0.4 is 0 Å². The smallest absolute Gasteiger partial charge is 0.349 e. The van der Waals surface area contributed by atoms with Gasteiger partial charge in [-0.25, -0.2) is 13.2 Å². The Bertz CT molecular complexity index is 649. The Morgan fingerprint density at radius 1 is 1.48 bits per heavy atom. The normalized spacial score (nSPS) is 20.2. The molecule has 1 aromatic heterocycles. The molecule has 116 valence electrons. The monoisotopic (exact) mass is 331 g/mol. The van der Waals surface area contributed by atoms with Crippen LogP contribution in [0.4, 0.5) is 0 Å². The molecule has 0 spiro atoms. The van der Waals surface area contributed by atoms with Gasteiger partial charge in [0.05, 0.1) is 11.5 Å². The second kappa shape index (κ2) is 6.15. The predicted molar refractivity (Wildman–Crippen MR) is 79.2 cm³/mol. The molecule has 0 aliphatic carbocycles. The minimum absolute atomic E-state index is 0.0206. The zero-order chi connectivity index (χ0) is 15.6. The lowest BCUT2D eigenvalue weighted by Gasteiger charge is -2.23. The molecule has 1 atom stereocenters. The van der Waals surface area contributed by atoms with E-state index in [9.17, 15) is 18.0 Å². The molecule has 0 radical (unpaired) electrons. The highest BCUT2D eigenvalue weighted by Crippen LogP contribution is 2.18. The molecule has 0 bridgehead atoms. The third-order valence-electron chi connectivity index (χ3n) is 3.52. The van der Waals surface area contributed by atoms with Crippen LogP contribution >= 0.6 is 11.3 Å². The predicted octanol–water partition coefficient (Wildman–Crippen LogP) is 0.859. The number of ether oxygens (including phenoxy) is 1. The number of esters is 1. The first-order chi connectivity index (χ1) is 9.80. The van der Waals surface area contributed by atoms with Gasteiger partial charge in [0.25, 0.3) is 5.91 Å². The van der Waals surface area contributed by atoms with Crippen LogP contribution in [0.15, 0.2) is 11.4 Å². The van der Waals surface area contributed by atoms with Crippen molar-refractivity contribution in [3.8, 4) is 0 Å². The van der Waals surface area contributed by atoms with E-state index in [2.05, 4.69) is 0 Å². The lowest BCUT2D eigenvalue weighted by atomic mass is 10.2. The summed E-state index contributed by atoms with van der Waals surface area (Å²) >= 11 is 1.26. The van der Waals surface area contributed by atoms with Gasteiger partial charge in [0.1, 0.15) is 4.88 Å². The average molecular weight is 331 g/mol. The summed E-state index contributed by atoms with van der Waals surface area (Å²) in [6.07, 6.45) is 0.433. The van der Waals surface area contributed by atoms with Gasteiger partial charge < -0.3 is 9.64 Å². The van der Waals surface area contributed by atoms with E-state index in [4.69, 9.17) is 4.74 Å². The fraction of sp³-hybridized carbons (Fsp3) is 0.538. The van der Waals surface area contributed by atoms with Gasteiger partial charge in [-0.3, -0.25) is 4.79 Å². The topological polar surface area (TPSA) is 80.8 Å². The Morgan fingerprint density at radius 2 is 2.19 bits per heavy atom. The average Bonchev–Trinajstić information content (AvgIpc) is 3.00. The maximum Gasteiger partial charge on any atom is 0.349 e. The first-order valence-corrected chi connectivity index (χ1v) is 9.17. The molecule has 0 saturated carbocycles. The fourth-order valence-electron chi connectivity index (χ4n) is 2.16. The summed E-state index contributed by atoms with van der Waals surface area (Å²) in [6.45, 7) is 1.42. The largest absolute Gasteiger partial charge is 0.451 e. The molecule has 2 rings (SSSR count). The number of hydrogen-bond donors (Lipinski definition) is 0. The van der Waals surface area contributed by atoms with Crippen LogP contribution in [0.1, 0.15) is 21.7 Å². The zero-order valence-electron chi connectivity index (χ0n) is 11.9. The van der Waals surface area contributed by atoms with Crippen LogP contribution in [0.25, 0.3) is 0 Å². The van der Waals surface area contributed by atoms with Gasteiger partial charge >= 0.3 is 5.97 Å². The van der Waals surface area contributed by atoms with E-state index in [1.807, 2.05) is 0 Å². The Balaban J connectivity index is 1.87. The van der Waals surface area contributed by atoms with E-state index in [1.54, 1.807) is 18.4 Å². The van der Waals surface area contributed by atoms with Crippen LogP contribution in [0, 0.1) is 6.92 Å². The van der Waals surface area contributed by atoms with E-state index < -0.39 is 15.8 Å². The third kappa shape index (κ3) is 3.82. The quantitative estimate of drug-likeness (QED) is 0.765. The van der Waals surface area contributed by atoms with E-state index in [1.165, 1.54) is 23.3 Å². The van der Waals surface area contributed by atoms with Gasteiger partial charge in [-0.2, -0.15) is 0 Å². The summed E-state index contributed by atoms with van der Waals surface area (Å²) < 4.78 is 27.8. The number of carbonyl (C=O) groups is 2. The molecule has 1 amide bonds. The maximum absolute atomic E-state index is 12.0. The van der Waals surface area contributed by atoms with Crippen molar-refractivity contribution < 1.29 is 22.7 Å². The van der Waals surface area contributed by atoms with E-state index in [-0.39, 0.29) is 30.1 Å². The number of carbonyl (C=O) groups excluding carboxylic acids is 2. The Kier molecular flexibility index (Phi) is 4.67. The molecule has 2 heterocycles. The van der Waals surface area contributed by atoms with Crippen molar-refractivity contribution in [3.63, 3.8) is 0 Å². The van der Waals surface area contributed by atoms with Gasteiger partial charge in [0.15, 0.2) is 16.4 Å². The number of aryl methyl sites for hydroxylation is 1. The fourth-order valence-corrected chi connectivity index (χ4v) is 4.75. The molecule has 8 heteroatoms. The number of amides is 1. The number of rotatable bonds is 4. The first-order valence-electron chi connectivity index (χ1n) is 6.47. The van der Waals surface area contributed by atoms with Gasteiger partial charge in [0.2, 0.25) is 0 Å². The molecule has 1 saturated heterocycles. The van der Waals surface area contributed by atoms with Crippen LogP contribution in [0.3, 0.4) is 0 Å². The second-order valence-electron chi connectivity index (χ2n) is 5.07. The summed E-state index contributed by atoms with van der Waals surface area (Å²) in [5.41, 5.74) is 0.813. The SMILES string of the molecule is Cc1ccsc1C(=O)OCC(=O)N(C)C1CCS(=O)(=O)C1. The molecule has 1 aromatic rings. The molecule has 1 aliphatic rings. The van der Waals surface area contributed by atoms with Crippen molar-refractivity contribution in [3.05, 3.63) is 21.9 Å². The zero-order valence-corrected chi connectivity index (χ0v) is 13.5. The van der Waals surface area contributed by atoms with Crippen LogP contribution in [0.2, 0.25) is 0 Å². The molecule has 1 fully saturated rings. The van der Waals surface area contributed by atoms with Gasteiger partial charge in [0, 0.05) is 13.1 Å². The van der Waals surface area contributed by atoms with Crippen molar-refractivity contribution in [2.75, 3.05) is 25.2 Å². The highest BCUT2D eigenvalue weighted by Gasteiger charge is 2.33. The molecule has 0 N–H and O–H groups in total. The summed E-state index contributed by atoms with van der Waals surface area (Å²) in [6, 6.07) is 1.48. The van der Waals surface area contributed by atoms with Gasteiger partial charge in [-0.1, -0.05) is 0 Å². The molecule has 1 unspecified atom stereocenters. The van der Waals surface area contributed by atoms with Crippen LogP contribution in [-0.2, 0) is 19.4 Å². The third-order valence-corrected chi connectivity index (χ3v) is 6.27. The Morgan fingerprint density at radius 3 is 2.71 bits per heavy atom. The number of hydrogen-bond acceptors (Lipinski definition) is 6. The lowest BCUT2D eigenvalue weighted by molar-refractivity contribution is -0.134. The summed E-state index contributed by atoms with van der Waals surface area (Å²) in [5.74, 6) is -0.834. The molecule has 1 aliphatic heterocycles. The van der Waals surface area contributed by atoms with Crippen molar-refractivity contribution >= 4 is 33.1 Å². The van der Waals surface area contributed by atoms with Crippen LogP contribution in [-0.4, -0.2) is 56.4 Å². The minimum atomic E-state index is -3.05. The van der Waals surface area contributed by atoms with Crippen LogP contribution in [0.5, 0.6) is 0 Å². The van der Waals surface area contributed by atoms with E-state index in [0.717, 1.165) is 5.56 Å². The second-order valence-corrected chi connectivity index (χ2v) is 8.22. The highest BCUT2D eigenvalue weighted by molar-refractivity contribution is 7.91. The maximum atomic E-state index is 12.0. The molecule has 6 nitrogen and oxygen atoms in total. The standard InChI is InChI=1S/C13H17NO5S2/c1-9-3-5-20-12(9)13(16)19-7-11(15)14(2)10-4-6-21(17,18)8-10/h3,5,10H,4,6-8H2,1-2H3. The van der Waals surface area contributed by atoms with E-state index >= 15 is 0 Å². The van der Waals surface area contributed by atoms with Crippen molar-refractivity contribution in [1.82, 2.24) is 4.90 Å². The summed E-state index contributed by atoms with van der Waals surface area (Å²) in [7, 11) is -1.51. The van der Waals surface area contributed by atoms with Gasteiger partial charge in [-0.05, 0) is 30.4 Å². The molecular formula is C13H17NO5S2.